The van der Waals surface area contributed by atoms with Crippen molar-refractivity contribution in [2.24, 2.45) is 17.1 Å². The zero-order valence-corrected chi connectivity index (χ0v) is 14.5. The smallest absolute Gasteiger partial charge is 0.257 e. The Bertz CT molecular complexity index is 667. The van der Waals surface area contributed by atoms with Crippen molar-refractivity contribution in [3.05, 3.63) is 35.9 Å². The third-order valence-corrected chi connectivity index (χ3v) is 5.49. The van der Waals surface area contributed by atoms with Crippen LogP contribution in [0.4, 0.5) is 4.39 Å². The second kappa shape index (κ2) is 6.21. The van der Waals surface area contributed by atoms with Crippen LogP contribution in [0.25, 0.3) is 11.5 Å². The van der Waals surface area contributed by atoms with E-state index >= 15 is 0 Å². The minimum absolute atomic E-state index is 0. The lowest BCUT2D eigenvalue weighted by molar-refractivity contribution is 0.162. The van der Waals surface area contributed by atoms with E-state index in [1.54, 1.807) is 12.1 Å². The number of benzene rings is 1. The summed E-state index contributed by atoms with van der Waals surface area (Å²) >= 11 is 0. The topological polar surface area (TPSA) is 64.9 Å². The third-order valence-electron chi connectivity index (χ3n) is 5.49. The predicted octanol–water partition coefficient (Wildman–Crippen LogP) is 3.99. The summed E-state index contributed by atoms with van der Waals surface area (Å²) in [7, 11) is 0. The SMILES string of the molecule is CC1(C)[C@H](Cc2noc(-c3ccc(F)cc3)n2)CC[C@]1(C)N.Cl. The van der Waals surface area contributed by atoms with E-state index in [4.69, 9.17) is 10.3 Å². The van der Waals surface area contributed by atoms with Crippen LogP contribution in [0.15, 0.2) is 28.8 Å². The fourth-order valence-electron chi connectivity index (χ4n) is 3.25. The van der Waals surface area contributed by atoms with Crippen molar-refractivity contribution in [1.82, 2.24) is 10.1 Å². The van der Waals surface area contributed by atoms with Gasteiger partial charge in [0.25, 0.3) is 5.89 Å². The molecule has 1 saturated carbocycles. The molecule has 1 aliphatic carbocycles. The van der Waals surface area contributed by atoms with Crippen LogP contribution in [0.5, 0.6) is 0 Å². The van der Waals surface area contributed by atoms with Gasteiger partial charge >= 0.3 is 0 Å². The lowest BCUT2D eigenvalue weighted by atomic mass is 9.71. The normalized spacial score (nSPS) is 26.0. The monoisotopic (exact) mass is 339 g/mol. The molecule has 0 spiro atoms. The van der Waals surface area contributed by atoms with Crippen LogP contribution >= 0.6 is 12.4 Å². The van der Waals surface area contributed by atoms with Crippen LogP contribution < -0.4 is 5.73 Å². The highest BCUT2D eigenvalue weighted by atomic mass is 35.5. The number of rotatable bonds is 3. The molecule has 0 radical (unpaired) electrons. The van der Waals surface area contributed by atoms with Gasteiger partial charge in [-0.05, 0) is 55.4 Å². The van der Waals surface area contributed by atoms with Crippen LogP contribution in [-0.4, -0.2) is 15.7 Å². The molecule has 23 heavy (non-hydrogen) atoms. The molecule has 3 rings (SSSR count). The molecular formula is C17H23ClFN3O. The van der Waals surface area contributed by atoms with Crippen molar-refractivity contribution in [2.75, 3.05) is 0 Å². The first-order valence-electron chi connectivity index (χ1n) is 7.67. The van der Waals surface area contributed by atoms with Crippen molar-refractivity contribution in [3.63, 3.8) is 0 Å². The van der Waals surface area contributed by atoms with Gasteiger partial charge in [-0.1, -0.05) is 19.0 Å². The summed E-state index contributed by atoms with van der Waals surface area (Å²) in [4.78, 5) is 4.45. The molecule has 0 bridgehead atoms. The van der Waals surface area contributed by atoms with Gasteiger partial charge in [0.2, 0.25) is 0 Å². The first-order chi connectivity index (χ1) is 10.3. The highest BCUT2D eigenvalue weighted by molar-refractivity contribution is 5.85. The van der Waals surface area contributed by atoms with Gasteiger partial charge in [-0.15, -0.1) is 12.4 Å². The van der Waals surface area contributed by atoms with Crippen molar-refractivity contribution in [2.45, 2.75) is 45.6 Å². The zero-order valence-electron chi connectivity index (χ0n) is 13.7. The van der Waals surface area contributed by atoms with Crippen molar-refractivity contribution in [3.8, 4) is 11.5 Å². The molecule has 0 amide bonds. The van der Waals surface area contributed by atoms with Gasteiger partial charge in [0.1, 0.15) is 5.82 Å². The Morgan fingerprint density at radius 2 is 1.91 bits per heavy atom. The largest absolute Gasteiger partial charge is 0.334 e. The molecule has 1 aromatic heterocycles. The average molecular weight is 340 g/mol. The van der Waals surface area contributed by atoms with E-state index in [0.29, 0.717) is 17.6 Å². The highest BCUT2D eigenvalue weighted by Crippen LogP contribution is 2.49. The Hall–Kier alpha value is -1.46. The average Bonchev–Trinajstić information content (AvgIpc) is 2.99. The van der Waals surface area contributed by atoms with Gasteiger partial charge in [-0.3, -0.25) is 0 Å². The van der Waals surface area contributed by atoms with E-state index in [1.807, 2.05) is 0 Å². The summed E-state index contributed by atoms with van der Waals surface area (Å²) in [6.45, 7) is 6.55. The Balaban J connectivity index is 0.00000192. The van der Waals surface area contributed by atoms with Gasteiger partial charge in [0.05, 0.1) is 0 Å². The minimum atomic E-state index is -0.279. The van der Waals surface area contributed by atoms with Gasteiger partial charge in [-0.2, -0.15) is 4.98 Å². The number of hydrogen-bond acceptors (Lipinski definition) is 4. The fourth-order valence-corrected chi connectivity index (χ4v) is 3.25. The summed E-state index contributed by atoms with van der Waals surface area (Å²) in [5.41, 5.74) is 7.01. The molecule has 126 valence electrons. The van der Waals surface area contributed by atoms with E-state index in [-0.39, 0.29) is 29.2 Å². The number of nitrogens with two attached hydrogens (primary N) is 1. The molecule has 2 N–H and O–H groups in total. The van der Waals surface area contributed by atoms with Crippen molar-refractivity contribution < 1.29 is 8.91 Å². The predicted molar refractivity (Wildman–Crippen MR) is 89.7 cm³/mol. The van der Waals surface area contributed by atoms with Gasteiger partial charge in [0, 0.05) is 17.5 Å². The molecule has 1 heterocycles. The standard InChI is InChI=1S/C17H22FN3O.ClH/c1-16(2)12(8-9-17(16,3)19)10-14-20-15(22-21-14)11-4-6-13(18)7-5-11;/h4-7,12H,8-10,19H2,1-3H3;1H/t12-,17-;/m0./s1. The fraction of sp³-hybridized carbons (Fsp3) is 0.529. The molecule has 0 saturated heterocycles. The van der Waals surface area contributed by atoms with Crippen LogP contribution in [0.3, 0.4) is 0 Å². The van der Waals surface area contributed by atoms with E-state index in [0.717, 1.165) is 24.8 Å². The van der Waals surface area contributed by atoms with Crippen LogP contribution in [0.1, 0.15) is 39.4 Å². The highest BCUT2D eigenvalue weighted by Gasteiger charge is 2.49. The summed E-state index contributed by atoms with van der Waals surface area (Å²) in [6.07, 6.45) is 2.83. The molecule has 6 heteroatoms. The van der Waals surface area contributed by atoms with E-state index in [1.165, 1.54) is 12.1 Å². The Labute approximate surface area is 142 Å². The first-order valence-corrected chi connectivity index (χ1v) is 7.67. The van der Waals surface area contributed by atoms with E-state index in [2.05, 4.69) is 30.9 Å². The van der Waals surface area contributed by atoms with Crippen LogP contribution in [0.2, 0.25) is 0 Å². The maximum Gasteiger partial charge on any atom is 0.257 e. The number of halogens is 2. The maximum absolute atomic E-state index is 13.0. The van der Waals surface area contributed by atoms with Crippen LogP contribution in [0, 0.1) is 17.2 Å². The first kappa shape index (κ1) is 17.9. The quantitative estimate of drug-likeness (QED) is 0.918. The zero-order chi connectivity index (χ0) is 16.0. The molecule has 0 aliphatic heterocycles. The Morgan fingerprint density at radius 1 is 1.26 bits per heavy atom. The number of nitrogens with zero attached hydrogens (tertiary/aromatic N) is 2. The Morgan fingerprint density at radius 3 is 2.48 bits per heavy atom. The number of hydrogen-bond donors (Lipinski definition) is 1. The molecule has 0 unspecified atom stereocenters. The van der Waals surface area contributed by atoms with Crippen molar-refractivity contribution in [1.29, 1.82) is 0 Å². The van der Waals surface area contributed by atoms with Crippen LogP contribution in [-0.2, 0) is 6.42 Å². The molecule has 4 nitrogen and oxygen atoms in total. The Kier molecular flexibility index (Phi) is 4.83. The molecule has 2 aromatic rings. The second-order valence-corrected chi connectivity index (χ2v) is 7.10. The molecule has 1 aromatic carbocycles. The summed E-state index contributed by atoms with van der Waals surface area (Å²) < 4.78 is 18.3. The van der Waals surface area contributed by atoms with Gasteiger partial charge in [-0.25, -0.2) is 4.39 Å². The van der Waals surface area contributed by atoms with Crippen molar-refractivity contribution >= 4 is 12.4 Å². The molecule has 1 fully saturated rings. The van der Waals surface area contributed by atoms with Gasteiger partial charge < -0.3 is 10.3 Å². The lowest BCUT2D eigenvalue weighted by Crippen LogP contribution is -2.48. The maximum atomic E-state index is 13.0. The summed E-state index contributed by atoms with van der Waals surface area (Å²) in [5, 5.41) is 4.07. The van der Waals surface area contributed by atoms with E-state index < -0.39 is 0 Å². The second-order valence-electron chi connectivity index (χ2n) is 7.10. The molecule has 2 atom stereocenters. The van der Waals surface area contributed by atoms with Gasteiger partial charge in [0.15, 0.2) is 5.82 Å². The third kappa shape index (κ3) is 3.26. The molecule has 1 aliphatic rings. The lowest BCUT2D eigenvalue weighted by Gasteiger charge is -2.38. The minimum Gasteiger partial charge on any atom is -0.334 e. The molecular weight excluding hydrogens is 317 g/mol. The summed E-state index contributed by atoms with van der Waals surface area (Å²) in [6, 6.07) is 6.06. The summed E-state index contributed by atoms with van der Waals surface area (Å²) in [5.74, 6) is 1.27. The number of aromatic nitrogens is 2. The van der Waals surface area contributed by atoms with E-state index in [9.17, 15) is 4.39 Å².